The van der Waals surface area contributed by atoms with Crippen molar-refractivity contribution < 1.29 is 26.8 Å². The molecule has 1 aliphatic rings. The highest BCUT2D eigenvalue weighted by molar-refractivity contribution is 7.91. The molecular weight excluding hydrogens is 330 g/mol. The number of sulfone groups is 1. The zero-order chi connectivity index (χ0) is 17.2. The number of carbonyl (C=O) groups is 2. The standard InChI is InChI=1S/C14H16F2N2O4S/c1-9(14(20)18-4-6-23(21,22)7-5-18)17-13(19)11-3-2-10(15)8-12(11)16/h2-3,8-9H,4-7H2,1H3,(H,17,19)/t9-/m0/s1. The topological polar surface area (TPSA) is 83.6 Å². The fourth-order valence-electron chi connectivity index (χ4n) is 2.22. The number of amides is 2. The lowest BCUT2D eigenvalue weighted by Gasteiger charge is -2.29. The Morgan fingerprint density at radius 1 is 1.22 bits per heavy atom. The van der Waals surface area contributed by atoms with E-state index in [2.05, 4.69) is 5.32 Å². The smallest absolute Gasteiger partial charge is 0.254 e. The average Bonchev–Trinajstić information content (AvgIpc) is 2.46. The van der Waals surface area contributed by atoms with Crippen LogP contribution < -0.4 is 5.32 Å². The summed E-state index contributed by atoms with van der Waals surface area (Å²) in [5, 5.41) is 2.33. The molecule has 0 bridgehead atoms. The van der Waals surface area contributed by atoms with Gasteiger partial charge in [0.15, 0.2) is 9.84 Å². The van der Waals surface area contributed by atoms with Crippen LogP contribution in [0.25, 0.3) is 0 Å². The van der Waals surface area contributed by atoms with Crippen molar-refractivity contribution in [1.29, 1.82) is 0 Å². The van der Waals surface area contributed by atoms with Crippen LogP contribution in [0.15, 0.2) is 18.2 Å². The number of nitrogens with zero attached hydrogens (tertiary/aromatic N) is 1. The highest BCUT2D eigenvalue weighted by atomic mass is 32.2. The summed E-state index contributed by atoms with van der Waals surface area (Å²) in [4.78, 5) is 25.5. The third-order valence-electron chi connectivity index (χ3n) is 3.55. The normalized spacial score (nSPS) is 18.3. The number of benzene rings is 1. The van der Waals surface area contributed by atoms with Gasteiger partial charge in [-0.3, -0.25) is 9.59 Å². The van der Waals surface area contributed by atoms with Gasteiger partial charge in [-0.15, -0.1) is 0 Å². The molecule has 126 valence electrons. The van der Waals surface area contributed by atoms with E-state index in [9.17, 15) is 26.8 Å². The molecule has 6 nitrogen and oxygen atoms in total. The molecule has 0 aromatic heterocycles. The number of halogens is 2. The van der Waals surface area contributed by atoms with Crippen LogP contribution >= 0.6 is 0 Å². The van der Waals surface area contributed by atoms with Gasteiger partial charge in [0, 0.05) is 19.2 Å². The van der Waals surface area contributed by atoms with Crippen molar-refractivity contribution >= 4 is 21.7 Å². The molecule has 1 saturated heterocycles. The van der Waals surface area contributed by atoms with Gasteiger partial charge in [-0.25, -0.2) is 17.2 Å². The lowest BCUT2D eigenvalue weighted by Crippen LogP contribution is -2.51. The van der Waals surface area contributed by atoms with Crippen LogP contribution in [0.1, 0.15) is 17.3 Å². The minimum absolute atomic E-state index is 0.0618. The maximum atomic E-state index is 13.5. The van der Waals surface area contributed by atoms with E-state index >= 15 is 0 Å². The van der Waals surface area contributed by atoms with E-state index in [1.54, 1.807) is 0 Å². The first kappa shape index (κ1) is 17.3. The van der Waals surface area contributed by atoms with Crippen molar-refractivity contribution in [2.45, 2.75) is 13.0 Å². The Hall–Kier alpha value is -2.03. The Morgan fingerprint density at radius 3 is 2.39 bits per heavy atom. The summed E-state index contributed by atoms with van der Waals surface area (Å²) in [6.07, 6.45) is 0. The number of hydrogen-bond acceptors (Lipinski definition) is 4. The highest BCUT2D eigenvalue weighted by Crippen LogP contribution is 2.10. The van der Waals surface area contributed by atoms with Crippen molar-refractivity contribution in [2.24, 2.45) is 0 Å². The molecule has 1 atom stereocenters. The van der Waals surface area contributed by atoms with Crippen LogP contribution in [0.2, 0.25) is 0 Å². The summed E-state index contributed by atoms with van der Waals surface area (Å²) in [6.45, 7) is 1.54. The molecule has 1 aromatic rings. The van der Waals surface area contributed by atoms with Gasteiger partial charge in [-0.1, -0.05) is 0 Å². The van der Waals surface area contributed by atoms with Gasteiger partial charge in [0.2, 0.25) is 5.91 Å². The van der Waals surface area contributed by atoms with Crippen molar-refractivity contribution in [2.75, 3.05) is 24.6 Å². The van der Waals surface area contributed by atoms with Crippen molar-refractivity contribution in [3.05, 3.63) is 35.4 Å². The molecular formula is C14H16F2N2O4S. The molecule has 2 amide bonds. The summed E-state index contributed by atoms with van der Waals surface area (Å²) >= 11 is 0. The van der Waals surface area contributed by atoms with E-state index in [1.807, 2.05) is 0 Å². The highest BCUT2D eigenvalue weighted by Gasteiger charge is 2.29. The maximum Gasteiger partial charge on any atom is 0.254 e. The Kier molecular flexibility index (Phi) is 4.98. The van der Waals surface area contributed by atoms with Crippen LogP contribution in [0.5, 0.6) is 0 Å². The van der Waals surface area contributed by atoms with E-state index in [0.29, 0.717) is 6.07 Å². The molecule has 2 rings (SSSR count). The molecule has 1 heterocycles. The summed E-state index contributed by atoms with van der Waals surface area (Å²) in [6, 6.07) is 1.56. The lowest BCUT2D eigenvalue weighted by atomic mass is 10.1. The van der Waals surface area contributed by atoms with E-state index in [4.69, 9.17) is 0 Å². The summed E-state index contributed by atoms with van der Waals surface area (Å²) < 4.78 is 49.0. The summed E-state index contributed by atoms with van der Waals surface area (Å²) in [5.41, 5.74) is -0.368. The predicted molar refractivity (Wildman–Crippen MR) is 78.5 cm³/mol. The minimum atomic E-state index is -3.12. The van der Waals surface area contributed by atoms with Gasteiger partial charge in [0.25, 0.3) is 5.91 Å². The molecule has 0 unspecified atom stereocenters. The first-order valence-corrected chi connectivity index (χ1v) is 8.77. The third kappa shape index (κ3) is 4.25. The first-order valence-electron chi connectivity index (χ1n) is 6.95. The minimum Gasteiger partial charge on any atom is -0.340 e. The Labute approximate surface area is 132 Å². The molecule has 23 heavy (non-hydrogen) atoms. The maximum absolute atomic E-state index is 13.5. The van der Waals surface area contributed by atoms with E-state index in [-0.39, 0.29) is 30.2 Å². The van der Waals surface area contributed by atoms with Gasteiger partial charge in [0.1, 0.15) is 17.7 Å². The van der Waals surface area contributed by atoms with Gasteiger partial charge in [0.05, 0.1) is 17.1 Å². The Bertz CT molecular complexity index is 722. The molecule has 1 N–H and O–H groups in total. The number of carbonyl (C=O) groups excluding carboxylic acids is 2. The number of nitrogens with one attached hydrogen (secondary N) is 1. The fraction of sp³-hybridized carbons (Fsp3) is 0.429. The van der Waals surface area contributed by atoms with Crippen LogP contribution in [0.3, 0.4) is 0 Å². The van der Waals surface area contributed by atoms with Crippen LogP contribution in [-0.4, -0.2) is 55.8 Å². The van der Waals surface area contributed by atoms with Gasteiger partial charge < -0.3 is 10.2 Å². The molecule has 1 fully saturated rings. The number of hydrogen-bond donors (Lipinski definition) is 1. The van der Waals surface area contributed by atoms with E-state index in [0.717, 1.165) is 12.1 Å². The summed E-state index contributed by atoms with van der Waals surface area (Å²) in [7, 11) is -3.12. The summed E-state index contributed by atoms with van der Waals surface area (Å²) in [5.74, 6) is -3.36. The van der Waals surface area contributed by atoms with Crippen LogP contribution in [-0.2, 0) is 14.6 Å². The first-order chi connectivity index (χ1) is 10.7. The molecule has 0 spiro atoms. The molecule has 0 radical (unpaired) electrons. The third-order valence-corrected chi connectivity index (χ3v) is 5.16. The Morgan fingerprint density at radius 2 is 1.83 bits per heavy atom. The molecule has 1 aromatic carbocycles. The molecule has 9 heteroatoms. The van der Waals surface area contributed by atoms with Crippen LogP contribution in [0.4, 0.5) is 8.78 Å². The largest absolute Gasteiger partial charge is 0.340 e. The molecule has 0 saturated carbocycles. The molecule has 0 aliphatic carbocycles. The van der Waals surface area contributed by atoms with E-state index < -0.39 is 39.3 Å². The second-order valence-electron chi connectivity index (χ2n) is 5.30. The van der Waals surface area contributed by atoms with Gasteiger partial charge >= 0.3 is 0 Å². The van der Waals surface area contributed by atoms with E-state index in [1.165, 1.54) is 11.8 Å². The van der Waals surface area contributed by atoms with Crippen molar-refractivity contribution in [3.8, 4) is 0 Å². The zero-order valence-electron chi connectivity index (χ0n) is 12.4. The number of rotatable bonds is 3. The van der Waals surface area contributed by atoms with Crippen LogP contribution in [0, 0.1) is 11.6 Å². The molecule has 1 aliphatic heterocycles. The average molecular weight is 346 g/mol. The predicted octanol–water partition coefficient (Wildman–Crippen LogP) is 0.340. The second-order valence-corrected chi connectivity index (χ2v) is 7.60. The lowest BCUT2D eigenvalue weighted by molar-refractivity contribution is -0.132. The zero-order valence-corrected chi connectivity index (χ0v) is 13.2. The second kappa shape index (κ2) is 6.61. The SMILES string of the molecule is C[C@H](NC(=O)c1ccc(F)cc1F)C(=O)N1CCS(=O)(=O)CC1. The fourth-order valence-corrected chi connectivity index (χ4v) is 3.42. The van der Waals surface area contributed by atoms with Crippen molar-refractivity contribution in [1.82, 2.24) is 10.2 Å². The Balaban J connectivity index is 1.99. The van der Waals surface area contributed by atoms with Crippen molar-refractivity contribution in [3.63, 3.8) is 0 Å². The monoisotopic (exact) mass is 346 g/mol. The van der Waals surface area contributed by atoms with Gasteiger partial charge in [-0.05, 0) is 19.1 Å². The van der Waals surface area contributed by atoms with Gasteiger partial charge in [-0.2, -0.15) is 0 Å². The quantitative estimate of drug-likeness (QED) is 0.855.